The van der Waals surface area contributed by atoms with Crippen LogP contribution in [0, 0.1) is 0 Å². The molecule has 0 aliphatic rings. The molecule has 9 heteroatoms. The molecule has 6 nitrogen and oxygen atoms in total. The molecule has 34 heavy (non-hydrogen) atoms. The van der Waals surface area contributed by atoms with E-state index >= 15 is 0 Å². The molecule has 0 fully saturated rings. The summed E-state index contributed by atoms with van der Waals surface area (Å²) in [6, 6.07) is 17.0. The Balaban J connectivity index is 1.85. The predicted octanol–water partition coefficient (Wildman–Crippen LogP) is 4.96. The van der Waals surface area contributed by atoms with Gasteiger partial charge in [0.15, 0.2) is 0 Å². The summed E-state index contributed by atoms with van der Waals surface area (Å²) in [6.45, 7) is 0.228. The van der Waals surface area contributed by atoms with Gasteiger partial charge >= 0.3 is 12.1 Å². The fourth-order valence-electron chi connectivity index (χ4n) is 3.24. The molecule has 0 heterocycles. The standard InChI is InChI=1S/C25H21F3N2O4/c1-15(17-8-7-16-5-3-4-6-18(16)12-17)11-22(31)30-21-13-19(9-10-20(21)24(33)34-2)23(32)29-14-25(26,27)28/h3-13H,14H2,1-2H3,(H,29,32)(H,30,31). The zero-order valence-electron chi connectivity index (χ0n) is 18.3. The number of hydrogen-bond acceptors (Lipinski definition) is 4. The van der Waals surface area contributed by atoms with Crippen molar-refractivity contribution in [1.29, 1.82) is 0 Å². The first-order valence-electron chi connectivity index (χ1n) is 10.1. The highest BCUT2D eigenvalue weighted by Gasteiger charge is 2.28. The Hall–Kier alpha value is -4.14. The van der Waals surface area contributed by atoms with Crippen LogP contribution in [0.3, 0.4) is 0 Å². The van der Waals surface area contributed by atoms with Crippen molar-refractivity contribution < 1.29 is 32.3 Å². The number of benzene rings is 3. The number of amides is 2. The van der Waals surface area contributed by atoms with Gasteiger partial charge in [0.1, 0.15) is 6.54 Å². The Labute approximate surface area is 193 Å². The van der Waals surface area contributed by atoms with Crippen LogP contribution in [0.4, 0.5) is 18.9 Å². The van der Waals surface area contributed by atoms with Gasteiger partial charge < -0.3 is 15.4 Å². The zero-order chi connectivity index (χ0) is 24.9. The van der Waals surface area contributed by atoms with E-state index in [1.165, 1.54) is 18.2 Å². The number of allylic oxidation sites excluding steroid dienone is 1. The van der Waals surface area contributed by atoms with Crippen LogP contribution in [0.15, 0.2) is 66.7 Å². The van der Waals surface area contributed by atoms with E-state index in [9.17, 15) is 27.6 Å². The van der Waals surface area contributed by atoms with Gasteiger partial charge in [-0.3, -0.25) is 9.59 Å². The van der Waals surface area contributed by atoms with Crippen LogP contribution in [0.25, 0.3) is 16.3 Å². The molecule has 2 N–H and O–H groups in total. The summed E-state index contributed by atoms with van der Waals surface area (Å²) >= 11 is 0. The van der Waals surface area contributed by atoms with E-state index in [2.05, 4.69) is 10.1 Å². The second-order valence-electron chi connectivity index (χ2n) is 7.43. The Morgan fingerprint density at radius 1 is 0.941 bits per heavy atom. The molecule has 3 aromatic carbocycles. The van der Waals surface area contributed by atoms with Crippen molar-refractivity contribution in [2.75, 3.05) is 19.0 Å². The highest BCUT2D eigenvalue weighted by atomic mass is 19.4. The van der Waals surface area contributed by atoms with Gasteiger partial charge in [0.25, 0.3) is 5.91 Å². The number of anilines is 1. The molecule has 176 valence electrons. The molecular formula is C25H21F3N2O4. The summed E-state index contributed by atoms with van der Waals surface area (Å²) in [6.07, 6.45) is -3.26. The first-order chi connectivity index (χ1) is 16.1. The lowest BCUT2D eigenvalue weighted by Gasteiger charge is -2.12. The summed E-state index contributed by atoms with van der Waals surface area (Å²) in [5.41, 5.74) is 1.16. The van der Waals surface area contributed by atoms with Gasteiger partial charge in [-0.2, -0.15) is 13.2 Å². The number of rotatable bonds is 6. The van der Waals surface area contributed by atoms with Crippen LogP contribution in [0.5, 0.6) is 0 Å². The van der Waals surface area contributed by atoms with Gasteiger partial charge in [0.05, 0.1) is 18.4 Å². The van der Waals surface area contributed by atoms with E-state index in [-0.39, 0.29) is 16.8 Å². The molecule has 0 aromatic heterocycles. The second-order valence-corrected chi connectivity index (χ2v) is 7.43. The fraction of sp³-hybridized carbons (Fsp3) is 0.160. The molecule has 3 aromatic rings. The number of fused-ring (bicyclic) bond motifs is 1. The van der Waals surface area contributed by atoms with Gasteiger partial charge in [-0.1, -0.05) is 36.4 Å². The van der Waals surface area contributed by atoms with Crippen LogP contribution in [-0.2, 0) is 9.53 Å². The third kappa shape index (κ3) is 6.22. The molecule has 0 bridgehead atoms. The van der Waals surface area contributed by atoms with Crippen molar-refractivity contribution in [2.45, 2.75) is 13.1 Å². The molecule has 0 atom stereocenters. The molecule has 0 unspecified atom stereocenters. The van der Waals surface area contributed by atoms with Gasteiger partial charge in [-0.15, -0.1) is 0 Å². The lowest BCUT2D eigenvalue weighted by Crippen LogP contribution is -2.33. The van der Waals surface area contributed by atoms with Gasteiger partial charge in [-0.25, -0.2) is 4.79 Å². The monoisotopic (exact) mass is 470 g/mol. The Morgan fingerprint density at radius 2 is 1.62 bits per heavy atom. The number of methoxy groups -OCH3 is 1. The number of alkyl halides is 3. The number of carbonyl (C=O) groups is 3. The molecular weight excluding hydrogens is 449 g/mol. The van der Waals surface area contributed by atoms with E-state index in [1.807, 2.05) is 42.5 Å². The van der Waals surface area contributed by atoms with Crippen molar-refractivity contribution in [1.82, 2.24) is 5.32 Å². The number of carbonyl (C=O) groups excluding carboxylic acids is 3. The molecule has 0 radical (unpaired) electrons. The van der Waals surface area contributed by atoms with Crippen LogP contribution >= 0.6 is 0 Å². The Morgan fingerprint density at radius 3 is 2.29 bits per heavy atom. The summed E-state index contributed by atoms with van der Waals surface area (Å²) < 4.78 is 41.9. The zero-order valence-corrected chi connectivity index (χ0v) is 18.3. The number of halogens is 3. The number of ether oxygens (including phenoxy) is 1. The van der Waals surface area contributed by atoms with Crippen LogP contribution in [-0.4, -0.2) is 37.6 Å². The SMILES string of the molecule is COC(=O)c1ccc(C(=O)NCC(F)(F)F)cc1NC(=O)C=C(C)c1ccc2ccccc2c1. The van der Waals surface area contributed by atoms with Gasteiger partial charge in [0.2, 0.25) is 5.91 Å². The number of hydrogen-bond donors (Lipinski definition) is 2. The summed E-state index contributed by atoms with van der Waals surface area (Å²) in [5.74, 6) is -2.39. The topological polar surface area (TPSA) is 84.5 Å². The third-order valence-corrected chi connectivity index (χ3v) is 4.95. The summed E-state index contributed by atoms with van der Waals surface area (Å²) in [7, 11) is 1.14. The van der Waals surface area contributed by atoms with E-state index in [1.54, 1.807) is 12.2 Å². The molecule has 0 spiro atoms. The Bertz CT molecular complexity index is 1280. The lowest BCUT2D eigenvalue weighted by molar-refractivity contribution is -0.123. The van der Waals surface area contributed by atoms with Crippen molar-refractivity contribution in [2.24, 2.45) is 0 Å². The van der Waals surface area contributed by atoms with Crippen molar-refractivity contribution in [3.8, 4) is 0 Å². The minimum Gasteiger partial charge on any atom is -0.465 e. The first-order valence-corrected chi connectivity index (χ1v) is 10.1. The maximum absolute atomic E-state index is 12.7. The smallest absolute Gasteiger partial charge is 0.405 e. The summed E-state index contributed by atoms with van der Waals surface area (Å²) in [4.78, 5) is 36.9. The fourth-order valence-corrected chi connectivity index (χ4v) is 3.24. The summed E-state index contributed by atoms with van der Waals surface area (Å²) in [5, 5.41) is 6.31. The minimum atomic E-state index is -4.58. The maximum atomic E-state index is 12.7. The van der Waals surface area contributed by atoms with Crippen LogP contribution < -0.4 is 10.6 Å². The molecule has 2 amide bonds. The van der Waals surface area contributed by atoms with Crippen molar-refractivity contribution in [3.05, 3.63) is 83.4 Å². The number of nitrogens with one attached hydrogen (secondary N) is 2. The Kier molecular flexibility index (Phi) is 7.35. The van der Waals surface area contributed by atoms with E-state index < -0.39 is 30.5 Å². The average Bonchev–Trinajstić information content (AvgIpc) is 2.81. The maximum Gasteiger partial charge on any atom is 0.405 e. The highest BCUT2D eigenvalue weighted by molar-refractivity contribution is 6.09. The molecule has 0 saturated heterocycles. The van der Waals surface area contributed by atoms with E-state index in [0.29, 0.717) is 5.57 Å². The number of esters is 1. The minimum absolute atomic E-state index is 0.0556. The highest BCUT2D eigenvalue weighted by Crippen LogP contribution is 2.23. The normalized spacial score (nSPS) is 11.7. The van der Waals surface area contributed by atoms with Crippen molar-refractivity contribution >= 4 is 39.8 Å². The van der Waals surface area contributed by atoms with Gasteiger partial charge in [-0.05, 0) is 53.1 Å². The molecule has 3 rings (SSSR count). The first kappa shape index (κ1) is 24.5. The van der Waals surface area contributed by atoms with E-state index in [0.717, 1.165) is 29.5 Å². The lowest BCUT2D eigenvalue weighted by atomic mass is 10.0. The van der Waals surface area contributed by atoms with E-state index in [4.69, 9.17) is 0 Å². The van der Waals surface area contributed by atoms with Gasteiger partial charge in [0, 0.05) is 11.6 Å². The third-order valence-electron chi connectivity index (χ3n) is 4.95. The molecule has 0 saturated carbocycles. The average molecular weight is 470 g/mol. The van der Waals surface area contributed by atoms with Crippen LogP contribution in [0.1, 0.15) is 33.2 Å². The van der Waals surface area contributed by atoms with Crippen molar-refractivity contribution in [3.63, 3.8) is 0 Å². The predicted molar refractivity (Wildman–Crippen MR) is 122 cm³/mol. The van der Waals surface area contributed by atoms with Crippen LogP contribution in [0.2, 0.25) is 0 Å². The quantitative estimate of drug-likeness (QED) is 0.394. The largest absolute Gasteiger partial charge is 0.465 e. The molecule has 0 aliphatic carbocycles. The second kappa shape index (κ2) is 10.2. The molecule has 0 aliphatic heterocycles.